The summed E-state index contributed by atoms with van der Waals surface area (Å²) in [6.45, 7) is 0.710. The van der Waals surface area contributed by atoms with Crippen molar-refractivity contribution >= 4 is 0 Å². The molecule has 1 atom stereocenters. The van der Waals surface area contributed by atoms with Crippen LogP contribution in [-0.2, 0) is 13.0 Å². The summed E-state index contributed by atoms with van der Waals surface area (Å²) in [6, 6.07) is 7.81. The lowest BCUT2D eigenvalue weighted by molar-refractivity contribution is 0.404. The Morgan fingerprint density at radius 1 is 1.41 bits per heavy atom. The molecule has 0 saturated heterocycles. The summed E-state index contributed by atoms with van der Waals surface area (Å²) in [4.78, 5) is 0. The van der Waals surface area contributed by atoms with E-state index in [-0.39, 0.29) is 0 Å². The van der Waals surface area contributed by atoms with Crippen molar-refractivity contribution in [2.75, 3.05) is 0 Å². The summed E-state index contributed by atoms with van der Waals surface area (Å²) in [5.74, 6) is 0.348. The highest BCUT2D eigenvalue weighted by Gasteiger charge is 2.22. The van der Waals surface area contributed by atoms with Gasteiger partial charge in [0.25, 0.3) is 0 Å². The van der Waals surface area contributed by atoms with Crippen molar-refractivity contribution in [1.82, 2.24) is 10.5 Å². The second-order valence-corrected chi connectivity index (χ2v) is 4.35. The molecule has 0 bridgehead atoms. The summed E-state index contributed by atoms with van der Waals surface area (Å²) in [7, 11) is 0. The maximum atomic E-state index is 9.42. The Hall–Kier alpha value is -1.81. The number of phenols is 1. The monoisotopic (exact) mass is 230 g/mol. The van der Waals surface area contributed by atoms with Crippen LogP contribution in [-0.4, -0.2) is 10.3 Å². The van der Waals surface area contributed by atoms with E-state index in [2.05, 4.69) is 10.5 Å². The largest absolute Gasteiger partial charge is 0.508 e. The fourth-order valence-electron chi connectivity index (χ4n) is 2.37. The summed E-state index contributed by atoms with van der Waals surface area (Å²) in [6.07, 6.45) is 3.66. The molecule has 0 saturated carbocycles. The summed E-state index contributed by atoms with van der Waals surface area (Å²) >= 11 is 0. The second-order valence-electron chi connectivity index (χ2n) is 4.35. The van der Waals surface area contributed by atoms with Gasteiger partial charge < -0.3 is 14.9 Å². The third-order valence-corrected chi connectivity index (χ3v) is 3.23. The molecule has 0 aliphatic heterocycles. The first-order chi connectivity index (χ1) is 8.33. The van der Waals surface area contributed by atoms with E-state index in [1.54, 1.807) is 12.3 Å². The lowest BCUT2D eigenvalue weighted by atomic mass is 10.1. The van der Waals surface area contributed by atoms with Gasteiger partial charge in [-0.1, -0.05) is 11.2 Å². The molecule has 1 unspecified atom stereocenters. The maximum Gasteiger partial charge on any atom is 0.124 e. The highest BCUT2D eigenvalue weighted by molar-refractivity contribution is 5.40. The van der Waals surface area contributed by atoms with Gasteiger partial charge in [0.2, 0.25) is 0 Å². The van der Waals surface area contributed by atoms with Gasteiger partial charge in [-0.15, -0.1) is 0 Å². The van der Waals surface area contributed by atoms with Crippen molar-refractivity contribution in [3.8, 4) is 5.75 Å². The van der Waals surface area contributed by atoms with Crippen LogP contribution in [0, 0.1) is 0 Å². The molecule has 2 aromatic rings. The maximum absolute atomic E-state index is 9.42. The zero-order valence-corrected chi connectivity index (χ0v) is 9.39. The molecule has 0 fully saturated rings. The summed E-state index contributed by atoms with van der Waals surface area (Å²) in [5, 5.41) is 16.7. The molecule has 3 rings (SSSR count). The van der Waals surface area contributed by atoms with Gasteiger partial charge in [0.1, 0.15) is 12.0 Å². The van der Waals surface area contributed by atoms with Crippen LogP contribution in [0.25, 0.3) is 0 Å². The Morgan fingerprint density at radius 3 is 3.18 bits per heavy atom. The Bertz CT molecular complexity index is 508. The smallest absolute Gasteiger partial charge is 0.124 e. The van der Waals surface area contributed by atoms with Gasteiger partial charge in [-0.05, 0) is 36.1 Å². The fourth-order valence-corrected chi connectivity index (χ4v) is 2.37. The molecule has 1 aromatic heterocycles. The molecule has 88 valence electrons. The SMILES string of the molecule is Oc1ccc2c(c1)CCC2NCc1ccon1. The average Bonchev–Trinajstić information content (AvgIpc) is 2.94. The quantitative estimate of drug-likeness (QED) is 0.848. The highest BCUT2D eigenvalue weighted by Crippen LogP contribution is 2.33. The van der Waals surface area contributed by atoms with Crippen molar-refractivity contribution < 1.29 is 9.63 Å². The molecule has 0 spiro atoms. The fraction of sp³-hybridized carbons (Fsp3) is 0.308. The van der Waals surface area contributed by atoms with Crippen LogP contribution in [0.15, 0.2) is 35.1 Å². The van der Waals surface area contributed by atoms with E-state index in [1.165, 1.54) is 11.1 Å². The van der Waals surface area contributed by atoms with E-state index in [0.717, 1.165) is 18.5 Å². The third kappa shape index (κ3) is 2.03. The van der Waals surface area contributed by atoms with Crippen molar-refractivity contribution in [1.29, 1.82) is 0 Å². The Morgan fingerprint density at radius 2 is 2.35 bits per heavy atom. The minimum absolute atomic E-state index is 0.348. The van der Waals surface area contributed by atoms with E-state index in [9.17, 15) is 5.11 Å². The highest BCUT2D eigenvalue weighted by atomic mass is 16.5. The molecule has 4 nitrogen and oxygen atoms in total. The molecule has 1 aliphatic rings. The number of aromatic nitrogens is 1. The number of phenolic OH excluding ortho intramolecular Hbond substituents is 1. The number of nitrogens with zero attached hydrogens (tertiary/aromatic N) is 1. The van der Waals surface area contributed by atoms with Crippen LogP contribution in [0.4, 0.5) is 0 Å². The van der Waals surface area contributed by atoms with E-state index in [0.29, 0.717) is 18.3 Å². The first kappa shape index (κ1) is 10.4. The summed E-state index contributed by atoms with van der Waals surface area (Å²) in [5.41, 5.74) is 3.44. The van der Waals surface area contributed by atoms with Crippen LogP contribution < -0.4 is 5.32 Å². The number of aryl methyl sites for hydroxylation is 1. The standard InChI is InChI=1S/C13H14N2O2/c16-11-2-3-12-9(7-11)1-4-13(12)14-8-10-5-6-17-15-10/h2-3,5-7,13-14,16H,1,4,8H2. The number of nitrogens with one attached hydrogen (secondary N) is 1. The second kappa shape index (κ2) is 4.22. The molecule has 0 radical (unpaired) electrons. The van der Waals surface area contributed by atoms with Crippen molar-refractivity contribution in [2.24, 2.45) is 0 Å². The predicted molar refractivity (Wildman–Crippen MR) is 62.5 cm³/mol. The molecular weight excluding hydrogens is 216 g/mol. The van der Waals surface area contributed by atoms with Gasteiger partial charge in [-0.25, -0.2) is 0 Å². The molecule has 1 aromatic carbocycles. The molecule has 1 aliphatic carbocycles. The minimum atomic E-state index is 0.348. The van der Waals surface area contributed by atoms with Gasteiger partial charge in [0, 0.05) is 18.7 Å². The van der Waals surface area contributed by atoms with E-state index in [1.807, 2.05) is 18.2 Å². The van der Waals surface area contributed by atoms with E-state index in [4.69, 9.17) is 4.52 Å². The van der Waals surface area contributed by atoms with Crippen LogP contribution in [0.2, 0.25) is 0 Å². The van der Waals surface area contributed by atoms with Crippen LogP contribution in [0.5, 0.6) is 5.75 Å². The Balaban J connectivity index is 1.71. The number of hydrogen-bond acceptors (Lipinski definition) is 4. The number of aromatic hydroxyl groups is 1. The number of rotatable bonds is 3. The van der Waals surface area contributed by atoms with Crippen LogP contribution in [0.1, 0.15) is 29.3 Å². The third-order valence-electron chi connectivity index (χ3n) is 3.23. The van der Waals surface area contributed by atoms with Gasteiger partial charge in [-0.3, -0.25) is 0 Å². The van der Waals surface area contributed by atoms with Crippen molar-refractivity contribution in [2.45, 2.75) is 25.4 Å². The van der Waals surface area contributed by atoms with Gasteiger partial charge in [-0.2, -0.15) is 0 Å². The number of fused-ring (bicyclic) bond motifs is 1. The molecule has 0 amide bonds. The lowest BCUT2D eigenvalue weighted by Crippen LogP contribution is -2.18. The van der Waals surface area contributed by atoms with E-state index >= 15 is 0 Å². The summed E-state index contributed by atoms with van der Waals surface area (Å²) < 4.78 is 4.79. The normalized spacial score (nSPS) is 18.2. The average molecular weight is 230 g/mol. The van der Waals surface area contributed by atoms with Crippen LogP contribution >= 0.6 is 0 Å². The molecule has 17 heavy (non-hydrogen) atoms. The van der Waals surface area contributed by atoms with Gasteiger partial charge in [0.15, 0.2) is 0 Å². The first-order valence-electron chi connectivity index (χ1n) is 5.77. The van der Waals surface area contributed by atoms with E-state index < -0.39 is 0 Å². The molecule has 4 heteroatoms. The molecule has 1 heterocycles. The number of benzene rings is 1. The van der Waals surface area contributed by atoms with Gasteiger partial charge in [0.05, 0.1) is 5.69 Å². The Kier molecular flexibility index (Phi) is 2.57. The van der Waals surface area contributed by atoms with Crippen molar-refractivity contribution in [3.05, 3.63) is 47.3 Å². The first-order valence-corrected chi connectivity index (χ1v) is 5.77. The topological polar surface area (TPSA) is 58.3 Å². The number of hydrogen-bond donors (Lipinski definition) is 2. The lowest BCUT2D eigenvalue weighted by Gasteiger charge is -2.12. The Labute approximate surface area is 99.3 Å². The van der Waals surface area contributed by atoms with Gasteiger partial charge >= 0.3 is 0 Å². The van der Waals surface area contributed by atoms with Crippen LogP contribution in [0.3, 0.4) is 0 Å². The zero-order chi connectivity index (χ0) is 11.7. The van der Waals surface area contributed by atoms with Crippen molar-refractivity contribution in [3.63, 3.8) is 0 Å². The minimum Gasteiger partial charge on any atom is -0.508 e. The molecule has 2 N–H and O–H groups in total. The molecular formula is C13H14N2O2. The predicted octanol–water partition coefficient (Wildman–Crippen LogP) is 2.16. The zero-order valence-electron chi connectivity index (χ0n) is 9.39.